The minimum absolute atomic E-state index is 0.209. The Balaban J connectivity index is 1.99. The summed E-state index contributed by atoms with van der Waals surface area (Å²) in [7, 11) is 0. The van der Waals surface area contributed by atoms with Crippen LogP contribution in [0.1, 0.15) is 37.0 Å². The highest BCUT2D eigenvalue weighted by molar-refractivity contribution is 7.16. The van der Waals surface area contributed by atoms with E-state index in [-0.39, 0.29) is 23.5 Å². The molecule has 0 aliphatic heterocycles. The van der Waals surface area contributed by atoms with E-state index in [1.165, 1.54) is 10.6 Å². The highest BCUT2D eigenvalue weighted by atomic mass is 32.1. The molecule has 158 valence electrons. The number of halogens is 1. The van der Waals surface area contributed by atoms with Crippen LogP contribution in [-0.4, -0.2) is 29.7 Å². The van der Waals surface area contributed by atoms with Crippen LogP contribution in [0.15, 0.2) is 47.5 Å². The number of carbonyl (C=O) groups excluding carboxylic acids is 2. The van der Waals surface area contributed by atoms with Crippen molar-refractivity contribution in [2.24, 2.45) is 4.99 Å². The first-order chi connectivity index (χ1) is 14.5. The summed E-state index contributed by atoms with van der Waals surface area (Å²) in [4.78, 5) is 29.2. The van der Waals surface area contributed by atoms with E-state index in [2.05, 4.69) is 11.9 Å². The van der Waals surface area contributed by atoms with Gasteiger partial charge in [0, 0.05) is 5.56 Å². The summed E-state index contributed by atoms with van der Waals surface area (Å²) in [6.07, 6.45) is 1.93. The molecule has 0 spiro atoms. The third kappa shape index (κ3) is 5.13. The lowest BCUT2D eigenvalue weighted by atomic mass is 10.2. The van der Waals surface area contributed by atoms with Crippen LogP contribution in [0, 0.1) is 5.82 Å². The van der Waals surface area contributed by atoms with Crippen molar-refractivity contribution in [1.29, 1.82) is 0 Å². The predicted molar refractivity (Wildman–Crippen MR) is 113 cm³/mol. The van der Waals surface area contributed by atoms with Gasteiger partial charge in [0.2, 0.25) is 0 Å². The second-order valence-electron chi connectivity index (χ2n) is 6.51. The van der Waals surface area contributed by atoms with Gasteiger partial charge in [0.25, 0.3) is 5.91 Å². The van der Waals surface area contributed by atoms with Crippen molar-refractivity contribution >= 4 is 33.4 Å². The number of esters is 1. The van der Waals surface area contributed by atoms with Crippen LogP contribution in [0.25, 0.3) is 10.2 Å². The molecule has 1 heterocycles. The molecule has 8 heteroatoms. The highest BCUT2D eigenvalue weighted by Crippen LogP contribution is 2.21. The lowest BCUT2D eigenvalue weighted by Crippen LogP contribution is -2.23. The molecule has 0 aliphatic rings. The van der Waals surface area contributed by atoms with Gasteiger partial charge in [0.15, 0.2) is 4.80 Å². The van der Waals surface area contributed by atoms with Crippen LogP contribution in [0.2, 0.25) is 0 Å². The normalized spacial score (nSPS) is 11.6. The number of thiazole rings is 1. The number of para-hydroxylation sites is 1. The molecule has 3 rings (SSSR count). The van der Waals surface area contributed by atoms with Gasteiger partial charge in [-0.05, 0) is 43.7 Å². The van der Waals surface area contributed by atoms with Gasteiger partial charge in [-0.25, -0.2) is 4.39 Å². The maximum absolute atomic E-state index is 14.4. The van der Waals surface area contributed by atoms with Crippen LogP contribution in [0.3, 0.4) is 0 Å². The standard InChI is InChI=1S/C22H23FN2O4S/c1-3-5-12-29-16-9-6-8-15(13-16)21(27)24-22-25(14-19(26)28-4-2)20-17(23)10-7-11-18(20)30-22/h6-11,13H,3-5,12,14H2,1-2H3. The molecule has 0 unspecified atom stereocenters. The van der Waals surface area contributed by atoms with Gasteiger partial charge in [-0.1, -0.05) is 36.8 Å². The average molecular weight is 431 g/mol. The van der Waals surface area contributed by atoms with Gasteiger partial charge >= 0.3 is 5.97 Å². The smallest absolute Gasteiger partial charge is 0.326 e. The summed E-state index contributed by atoms with van der Waals surface area (Å²) in [6, 6.07) is 11.4. The summed E-state index contributed by atoms with van der Waals surface area (Å²) in [5.74, 6) is -0.930. The SMILES string of the molecule is CCCCOc1cccc(C(=O)N=c2sc3cccc(F)c3n2CC(=O)OCC)c1. The molecule has 0 fully saturated rings. The molecule has 0 N–H and O–H groups in total. The Kier molecular flexibility index (Phi) is 7.35. The molecule has 1 amide bonds. The van der Waals surface area contributed by atoms with Gasteiger partial charge in [0.05, 0.1) is 23.4 Å². The second kappa shape index (κ2) is 10.2. The number of unbranched alkanes of at least 4 members (excludes halogenated alkanes) is 1. The number of hydrogen-bond donors (Lipinski definition) is 0. The largest absolute Gasteiger partial charge is 0.494 e. The highest BCUT2D eigenvalue weighted by Gasteiger charge is 2.16. The van der Waals surface area contributed by atoms with Crippen molar-refractivity contribution in [3.8, 4) is 5.75 Å². The summed E-state index contributed by atoms with van der Waals surface area (Å²) in [5.41, 5.74) is 0.573. The Bertz CT molecular complexity index is 1120. The van der Waals surface area contributed by atoms with E-state index in [9.17, 15) is 14.0 Å². The fraction of sp³-hybridized carbons (Fsp3) is 0.318. The molecular weight excluding hydrogens is 407 g/mol. The van der Waals surface area contributed by atoms with E-state index in [4.69, 9.17) is 9.47 Å². The first-order valence-electron chi connectivity index (χ1n) is 9.78. The van der Waals surface area contributed by atoms with Gasteiger partial charge in [-0.2, -0.15) is 4.99 Å². The van der Waals surface area contributed by atoms with Crippen LogP contribution >= 0.6 is 11.3 Å². The summed E-state index contributed by atoms with van der Waals surface area (Å²) in [6.45, 7) is 4.31. The van der Waals surface area contributed by atoms with Gasteiger partial charge in [-0.3, -0.25) is 9.59 Å². The number of ether oxygens (including phenoxy) is 2. The number of amides is 1. The second-order valence-corrected chi connectivity index (χ2v) is 7.52. The fourth-order valence-electron chi connectivity index (χ4n) is 2.86. The van der Waals surface area contributed by atoms with Gasteiger partial charge in [0.1, 0.15) is 18.1 Å². The minimum Gasteiger partial charge on any atom is -0.494 e. The number of carbonyl (C=O) groups is 2. The number of benzene rings is 2. The molecule has 0 radical (unpaired) electrons. The molecule has 3 aromatic rings. The summed E-state index contributed by atoms with van der Waals surface area (Å²) in [5, 5.41) is 0. The van der Waals surface area contributed by atoms with Crippen LogP contribution in [-0.2, 0) is 16.1 Å². The van der Waals surface area contributed by atoms with Gasteiger partial charge < -0.3 is 14.0 Å². The van der Waals surface area contributed by atoms with Crippen LogP contribution in [0.5, 0.6) is 5.75 Å². The first kappa shape index (κ1) is 21.7. The van der Waals surface area contributed by atoms with Crippen molar-refractivity contribution in [3.05, 3.63) is 58.6 Å². The van der Waals surface area contributed by atoms with E-state index in [1.807, 2.05) is 0 Å². The third-order valence-electron chi connectivity index (χ3n) is 4.29. The van der Waals surface area contributed by atoms with Crippen molar-refractivity contribution in [1.82, 2.24) is 4.57 Å². The molecule has 1 aromatic heterocycles. The van der Waals surface area contributed by atoms with Crippen molar-refractivity contribution in [2.75, 3.05) is 13.2 Å². The summed E-state index contributed by atoms with van der Waals surface area (Å²) >= 11 is 1.14. The molecule has 6 nitrogen and oxygen atoms in total. The van der Waals surface area contributed by atoms with E-state index in [1.54, 1.807) is 43.3 Å². The Morgan fingerprint density at radius 3 is 2.73 bits per heavy atom. The van der Waals surface area contributed by atoms with Crippen LogP contribution < -0.4 is 9.54 Å². The zero-order valence-corrected chi connectivity index (χ0v) is 17.7. The van der Waals surface area contributed by atoms with E-state index < -0.39 is 17.7 Å². The lowest BCUT2D eigenvalue weighted by molar-refractivity contribution is -0.143. The molecule has 0 aliphatic carbocycles. The molecule has 2 aromatic carbocycles. The lowest BCUT2D eigenvalue weighted by Gasteiger charge is -2.06. The topological polar surface area (TPSA) is 69.9 Å². The number of rotatable bonds is 8. The quantitative estimate of drug-likeness (QED) is 0.394. The average Bonchev–Trinajstić information content (AvgIpc) is 3.06. The van der Waals surface area contributed by atoms with Crippen LogP contribution in [0.4, 0.5) is 4.39 Å². The molecule has 0 saturated carbocycles. The zero-order chi connectivity index (χ0) is 21.5. The van der Waals surface area contributed by atoms with Crippen molar-refractivity contribution < 1.29 is 23.5 Å². The first-order valence-corrected chi connectivity index (χ1v) is 10.6. The summed E-state index contributed by atoms with van der Waals surface area (Å²) < 4.78 is 27.1. The van der Waals surface area contributed by atoms with Crippen molar-refractivity contribution in [3.63, 3.8) is 0 Å². The third-order valence-corrected chi connectivity index (χ3v) is 5.33. The zero-order valence-electron chi connectivity index (χ0n) is 16.9. The number of aromatic nitrogens is 1. The number of fused-ring (bicyclic) bond motifs is 1. The predicted octanol–water partition coefficient (Wildman–Crippen LogP) is 4.33. The molecule has 0 saturated heterocycles. The maximum atomic E-state index is 14.4. The Hall–Kier alpha value is -3.00. The Morgan fingerprint density at radius 1 is 1.17 bits per heavy atom. The Morgan fingerprint density at radius 2 is 1.97 bits per heavy atom. The number of nitrogens with zero attached hydrogens (tertiary/aromatic N) is 2. The van der Waals surface area contributed by atoms with Crippen molar-refractivity contribution in [2.45, 2.75) is 33.2 Å². The van der Waals surface area contributed by atoms with E-state index >= 15 is 0 Å². The Labute approximate surface area is 177 Å². The molecule has 0 bridgehead atoms. The van der Waals surface area contributed by atoms with E-state index in [0.717, 1.165) is 24.2 Å². The maximum Gasteiger partial charge on any atom is 0.326 e. The molecular formula is C22H23FN2O4S. The minimum atomic E-state index is -0.527. The molecule has 0 atom stereocenters. The van der Waals surface area contributed by atoms with Gasteiger partial charge in [-0.15, -0.1) is 0 Å². The molecule has 30 heavy (non-hydrogen) atoms. The fourth-order valence-corrected chi connectivity index (χ4v) is 3.90. The van der Waals surface area contributed by atoms with E-state index in [0.29, 0.717) is 22.6 Å². The number of hydrogen-bond acceptors (Lipinski definition) is 5. The monoisotopic (exact) mass is 430 g/mol.